The van der Waals surface area contributed by atoms with Crippen LogP contribution in [-0.4, -0.2) is 10.9 Å². The average molecular weight is 454 g/mol. The molecule has 3 aliphatic carbocycles. The Labute approximate surface area is 207 Å². The third-order valence-corrected chi connectivity index (χ3v) is 10.6. The first-order valence-corrected chi connectivity index (χ1v) is 13.9. The van der Waals surface area contributed by atoms with E-state index in [2.05, 4.69) is 69.0 Å². The molecule has 2 saturated carbocycles. The summed E-state index contributed by atoms with van der Waals surface area (Å²) in [6.07, 6.45) is 11.8. The van der Waals surface area contributed by atoms with E-state index in [1.165, 1.54) is 74.6 Å². The van der Waals surface area contributed by atoms with Gasteiger partial charge in [0.15, 0.2) is 0 Å². The monoisotopic (exact) mass is 453 g/mol. The highest BCUT2D eigenvalue weighted by molar-refractivity contribution is 5.42. The van der Waals surface area contributed by atoms with Crippen molar-refractivity contribution in [2.45, 2.75) is 109 Å². The van der Waals surface area contributed by atoms with Gasteiger partial charge in [0.1, 0.15) is 0 Å². The highest BCUT2D eigenvalue weighted by Crippen LogP contribution is 2.55. The van der Waals surface area contributed by atoms with Crippen molar-refractivity contribution in [1.82, 2.24) is 4.90 Å². The number of rotatable bonds is 2. The van der Waals surface area contributed by atoms with Crippen molar-refractivity contribution < 1.29 is 0 Å². The smallest absolute Gasteiger partial charge is 0.0432 e. The summed E-state index contributed by atoms with van der Waals surface area (Å²) in [4.78, 5) is 2.81. The third-order valence-electron chi connectivity index (χ3n) is 10.6. The van der Waals surface area contributed by atoms with Crippen LogP contribution in [0.2, 0.25) is 0 Å². The van der Waals surface area contributed by atoms with Crippen molar-refractivity contribution in [3.05, 3.63) is 82.1 Å². The number of nitrogens with zero attached hydrogens (tertiary/aromatic N) is 1. The lowest BCUT2D eigenvalue weighted by Gasteiger charge is -2.53. The Balaban J connectivity index is 1.36. The van der Waals surface area contributed by atoms with Crippen LogP contribution in [0, 0.1) is 25.7 Å². The summed E-state index contributed by atoms with van der Waals surface area (Å²) in [6.45, 7) is 15.6. The third kappa shape index (κ3) is 3.41. The number of hydrogen-bond acceptors (Lipinski definition) is 1. The van der Waals surface area contributed by atoms with Gasteiger partial charge < -0.3 is 4.90 Å². The van der Waals surface area contributed by atoms with Gasteiger partial charge in [-0.1, -0.05) is 80.8 Å². The topological polar surface area (TPSA) is 3.24 Å². The minimum atomic E-state index is 0.299. The quantitative estimate of drug-likeness (QED) is 0.443. The van der Waals surface area contributed by atoms with E-state index in [4.69, 9.17) is 6.58 Å². The zero-order valence-electron chi connectivity index (χ0n) is 21.9. The summed E-state index contributed by atoms with van der Waals surface area (Å²) in [7, 11) is 0. The fourth-order valence-corrected chi connectivity index (χ4v) is 8.74. The highest BCUT2D eigenvalue weighted by atomic mass is 15.2. The van der Waals surface area contributed by atoms with Crippen molar-refractivity contribution in [1.29, 1.82) is 0 Å². The molecule has 1 heterocycles. The van der Waals surface area contributed by atoms with Crippen LogP contribution < -0.4 is 0 Å². The van der Waals surface area contributed by atoms with Crippen LogP contribution >= 0.6 is 0 Å². The molecule has 2 bridgehead atoms. The van der Waals surface area contributed by atoms with Crippen molar-refractivity contribution in [3.8, 4) is 0 Å². The molecule has 5 atom stereocenters. The molecule has 0 radical (unpaired) electrons. The maximum absolute atomic E-state index is 4.93. The maximum atomic E-state index is 4.93. The number of hydrogen-bond donors (Lipinski definition) is 0. The zero-order valence-corrected chi connectivity index (χ0v) is 21.9. The van der Waals surface area contributed by atoms with Gasteiger partial charge in [0.2, 0.25) is 0 Å². The van der Waals surface area contributed by atoms with Crippen molar-refractivity contribution in [2.75, 3.05) is 0 Å². The molecular formula is C33H43N. The number of aryl methyl sites for hydroxylation is 3. The Kier molecular flexibility index (Phi) is 5.28. The van der Waals surface area contributed by atoms with Crippen LogP contribution in [0.15, 0.2) is 48.7 Å². The lowest BCUT2D eigenvalue weighted by molar-refractivity contribution is 0.0811. The summed E-state index contributed by atoms with van der Waals surface area (Å²) < 4.78 is 0. The number of benzene rings is 2. The molecule has 1 heteroatoms. The van der Waals surface area contributed by atoms with Gasteiger partial charge in [-0.15, -0.1) is 0 Å². The SMILES string of the molecule is C=C(C1CCCC2(C)c3cc(C)ccc3CCC12)N1Cc2ccc(C)cc2[C@@]2(C)CCCC1C2. The summed E-state index contributed by atoms with van der Waals surface area (Å²) in [5, 5.41) is 0. The Bertz CT molecular complexity index is 1130. The molecular weight excluding hydrogens is 410 g/mol. The maximum Gasteiger partial charge on any atom is 0.0432 e. The fourth-order valence-electron chi connectivity index (χ4n) is 8.74. The highest BCUT2D eigenvalue weighted by Gasteiger charge is 2.49. The molecule has 2 fully saturated rings. The predicted octanol–water partition coefficient (Wildman–Crippen LogP) is 8.15. The van der Waals surface area contributed by atoms with Crippen LogP contribution in [0.1, 0.15) is 98.6 Å². The zero-order chi connectivity index (χ0) is 23.7. The van der Waals surface area contributed by atoms with Crippen molar-refractivity contribution >= 4 is 0 Å². The van der Waals surface area contributed by atoms with Gasteiger partial charge in [0.05, 0.1) is 0 Å². The van der Waals surface area contributed by atoms with Gasteiger partial charge in [-0.3, -0.25) is 0 Å². The Hall–Kier alpha value is -2.02. The van der Waals surface area contributed by atoms with E-state index < -0.39 is 0 Å². The summed E-state index contributed by atoms with van der Waals surface area (Å²) in [6, 6.07) is 15.2. The van der Waals surface area contributed by atoms with Gasteiger partial charge in [-0.2, -0.15) is 0 Å². The molecule has 34 heavy (non-hydrogen) atoms. The van der Waals surface area contributed by atoms with E-state index in [1.807, 2.05) is 0 Å². The molecule has 0 spiro atoms. The molecule has 0 N–H and O–H groups in total. The fraction of sp³-hybridized carbons (Fsp3) is 0.576. The van der Waals surface area contributed by atoms with Crippen molar-refractivity contribution in [3.63, 3.8) is 0 Å². The second-order valence-electron chi connectivity index (χ2n) is 12.8. The van der Waals surface area contributed by atoms with E-state index in [1.54, 1.807) is 22.3 Å². The first kappa shape index (κ1) is 22.4. The predicted molar refractivity (Wildman–Crippen MR) is 143 cm³/mol. The van der Waals surface area contributed by atoms with Crippen molar-refractivity contribution in [2.24, 2.45) is 11.8 Å². The van der Waals surface area contributed by atoms with Gasteiger partial charge in [-0.25, -0.2) is 0 Å². The average Bonchev–Trinajstić information content (AvgIpc) is 2.90. The van der Waals surface area contributed by atoms with Gasteiger partial charge in [0.25, 0.3) is 0 Å². The van der Waals surface area contributed by atoms with Crippen LogP contribution in [0.4, 0.5) is 0 Å². The standard InChI is InChI=1S/C33H43N/c1-22-11-13-26-21-34(27-8-6-16-32(4,20-27)30(26)18-22)24(3)28-9-7-17-33(5)29(28)15-14-25-12-10-23(2)19-31(25)33/h10-13,18-19,27-29H,3,6-9,14-17,20-21H2,1-2,4-5H3/t27?,28?,29?,32-,33?/m0/s1. The van der Waals surface area contributed by atoms with Crippen LogP contribution in [0.3, 0.4) is 0 Å². The second kappa shape index (κ2) is 8.00. The molecule has 0 amide bonds. The molecule has 2 aromatic rings. The molecule has 1 nitrogen and oxygen atoms in total. The molecule has 6 rings (SSSR count). The van der Waals surface area contributed by atoms with E-state index in [0.29, 0.717) is 22.8 Å². The largest absolute Gasteiger partial charge is 0.368 e. The summed E-state index contributed by atoms with van der Waals surface area (Å²) in [5.41, 5.74) is 11.4. The molecule has 4 aliphatic rings. The molecule has 1 aliphatic heterocycles. The Morgan fingerprint density at radius 2 is 1.59 bits per heavy atom. The second-order valence-corrected chi connectivity index (χ2v) is 12.8. The Morgan fingerprint density at radius 3 is 2.38 bits per heavy atom. The molecule has 0 aromatic heterocycles. The normalized spacial score (nSPS) is 34.5. The molecule has 4 unspecified atom stereocenters. The number of fused-ring (bicyclic) bond motifs is 7. The van der Waals surface area contributed by atoms with E-state index >= 15 is 0 Å². The molecule has 180 valence electrons. The number of allylic oxidation sites excluding steroid dienone is 1. The lowest BCUT2D eigenvalue weighted by Crippen LogP contribution is -2.48. The minimum Gasteiger partial charge on any atom is -0.368 e. The van der Waals surface area contributed by atoms with Gasteiger partial charge in [-0.05, 0) is 97.8 Å². The van der Waals surface area contributed by atoms with E-state index in [-0.39, 0.29) is 0 Å². The van der Waals surface area contributed by atoms with Gasteiger partial charge >= 0.3 is 0 Å². The van der Waals surface area contributed by atoms with Gasteiger partial charge in [0, 0.05) is 24.2 Å². The van der Waals surface area contributed by atoms with Crippen LogP contribution in [-0.2, 0) is 23.8 Å². The first-order chi connectivity index (χ1) is 16.3. The lowest BCUT2D eigenvalue weighted by atomic mass is 9.54. The molecule has 0 saturated heterocycles. The summed E-state index contributed by atoms with van der Waals surface area (Å²) >= 11 is 0. The minimum absolute atomic E-state index is 0.299. The molecule has 2 aromatic carbocycles. The van der Waals surface area contributed by atoms with Crippen LogP contribution in [0.25, 0.3) is 0 Å². The Morgan fingerprint density at radius 1 is 0.882 bits per heavy atom. The van der Waals surface area contributed by atoms with Crippen LogP contribution in [0.5, 0.6) is 0 Å². The van der Waals surface area contributed by atoms with E-state index in [0.717, 1.165) is 12.5 Å². The first-order valence-electron chi connectivity index (χ1n) is 13.9. The summed E-state index contributed by atoms with van der Waals surface area (Å²) in [5.74, 6) is 1.34. The van der Waals surface area contributed by atoms with E-state index in [9.17, 15) is 0 Å².